The zero-order valence-corrected chi connectivity index (χ0v) is 16.3. The number of ether oxygens (including phenoxy) is 2. The number of amides is 1. The quantitative estimate of drug-likeness (QED) is 0.454. The predicted molar refractivity (Wildman–Crippen MR) is 103 cm³/mol. The molecule has 1 aromatic carbocycles. The number of nitrogens with zero attached hydrogens (tertiary/aromatic N) is 1. The molecule has 0 saturated carbocycles. The highest BCUT2D eigenvalue weighted by molar-refractivity contribution is 5.85. The van der Waals surface area contributed by atoms with Crippen LogP contribution in [0, 0.1) is 23.2 Å². The number of carbonyl (C=O) groups is 2. The number of hydrogen-bond acceptors (Lipinski definition) is 4. The molecule has 5 heteroatoms. The Morgan fingerprint density at radius 3 is 2.59 bits per heavy atom. The summed E-state index contributed by atoms with van der Waals surface area (Å²) in [7, 11) is 3.01. The summed E-state index contributed by atoms with van der Waals surface area (Å²) in [6.45, 7) is 5.51. The van der Waals surface area contributed by atoms with E-state index in [2.05, 4.69) is 19.9 Å². The Kier molecular flexibility index (Phi) is 5.40. The minimum Gasteiger partial charge on any atom is -0.497 e. The molecule has 1 saturated heterocycles. The van der Waals surface area contributed by atoms with Crippen LogP contribution in [0.5, 0.6) is 5.75 Å². The van der Waals surface area contributed by atoms with E-state index in [-0.39, 0.29) is 35.0 Å². The summed E-state index contributed by atoms with van der Waals surface area (Å²) in [6, 6.07) is 7.80. The molecule has 3 rings (SSSR count). The lowest BCUT2D eigenvalue weighted by molar-refractivity contribution is -0.135. The van der Waals surface area contributed by atoms with Crippen LogP contribution in [0.2, 0.25) is 0 Å². The minimum atomic E-state index is -0.365. The molecule has 27 heavy (non-hydrogen) atoms. The first-order valence-corrected chi connectivity index (χ1v) is 9.25. The SMILES string of the molecule is COC(=O)/C=C/[C@@H]1[C@@H](C)C=C[C@H]2C(=O)N(Cc3ccc(OC)cc3)C[C@]12C. The van der Waals surface area contributed by atoms with Gasteiger partial charge >= 0.3 is 5.97 Å². The molecule has 0 aromatic heterocycles. The predicted octanol–water partition coefficient (Wildman–Crippen LogP) is 3.21. The molecule has 1 heterocycles. The van der Waals surface area contributed by atoms with Crippen molar-refractivity contribution in [1.29, 1.82) is 0 Å². The molecule has 0 bridgehead atoms. The first-order chi connectivity index (χ1) is 12.9. The molecule has 1 amide bonds. The first kappa shape index (κ1) is 19.2. The highest BCUT2D eigenvalue weighted by atomic mass is 16.5. The van der Waals surface area contributed by atoms with Gasteiger partial charge in [-0.15, -0.1) is 0 Å². The van der Waals surface area contributed by atoms with E-state index >= 15 is 0 Å². The molecule has 1 aliphatic heterocycles. The van der Waals surface area contributed by atoms with Crippen molar-refractivity contribution in [2.24, 2.45) is 23.2 Å². The average Bonchev–Trinajstić information content (AvgIpc) is 2.91. The number of allylic oxidation sites excluding steroid dienone is 2. The van der Waals surface area contributed by atoms with Crippen LogP contribution in [0.3, 0.4) is 0 Å². The minimum absolute atomic E-state index is 0.0939. The number of hydrogen-bond donors (Lipinski definition) is 0. The molecule has 5 nitrogen and oxygen atoms in total. The summed E-state index contributed by atoms with van der Waals surface area (Å²) < 4.78 is 9.93. The zero-order valence-electron chi connectivity index (χ0n) is 16.3. The number of rotatable bonds is 5. The van der Waals surface area contributed by atoms with Gasteiger partial charge in [0.2, 0.25) is 5.91 Å². The van der Waals surface area contributed by atoms with E-state index in [0.29, 0.717) is 13.1 Å². The van der Waals surface area contributed by atoms with E-state index in [9.17, 15) is 9.59 Å². The molecule has 0 unspecified atom stereocenters. The lowest BCUT2D eigenvalue weighted by Gasteiger charge is -2.40. The van der Waals surface area contributed by atoms with E-state index < -0.39 is 0 Å². The Labute approximate surface area is 160 Å². The van der Waals surface area contributed by atoms with E-state index in [1.54, 1.807) is 7.11 Å². The third kappa shape index (κ3) is 3.64. The summed E-state index contributed by atoms with van der Waals surface area (Å²) in [4.78, 5) is 26.5. The fourth-order valence-electron chi connectivity index (χ4n) is 4.42. The smallest absolute Gasteiger partial charge is 0.330 e. The second-order valence-corrected chi connectivity index (χ2v) is 7.68. The van der Waals surface area contributed by atoms with Gasteiger partial charge in [-0.25, -0.2) is 4.79 Å². The van der Waals surface area contributed by atoms with Crippen molar-refractivity contribution in [2.75, 3.05) is 20.8 Å². The maximum atomic E-state index is 13.1. The molecule has 0 radical (unpaired) electrons. The molecule has 1 aliphatic carbocycles. The van der Waals surface area contributed by atoms with Crippen LogP contribution >= 0.6 is 0 Å². The summed E-state index contributed by atoms with van der Waals surface area (Å²) >= 11 is 0. The van der Waals surface area contributed by atoms with Gasteiger partial charge in [0.1, 0.15) is 5.75 Å². The van der Waals surface area contributed by atoms with Crippen molar-refractivity contribution in [3.63, 3.8) is 0 Å². The summed E-state index contributed by atoms with van der Waals surface area (Å²) in [5.74, 6) is 0.762. The molecule has 1 aromatic rings. The summed E-state index contributed by atoms with van der Waals surface area (Å²) in [6.07, 6.45) is 7.54. The van der Waals surface area contributed by atoms with Crippen LogP contribution in [0.15, 0.2) is 48.6 Å². The molecule has 2 aliphatic rings. The Hall–Kier alpha value is -2.56. The van der Waals surface area contributed by atoms with E-state index in [4.69, 9.17) is 9.47 Å². The van der Waals surface area contributed by atoms with Gasteiger partial charge in [-0.2, -0.15) is 0 Å². The number of methoxy groups -OCH3 is 2. The lowest BCUT2D eigenvalue weighted by atomic mass is 9.62. The molecule has 144 valence electrons. The standard InChI is InChI=1S/C22H27NO4/c1-15-5-10-19-21(25)23(13-16-6-8-17(26-3)9-7-16)14-22(19,2)18(15)11-12-20(24)27-4/h5-12,15,18-19H,13-14H2,1-4H3/b12-11+/t15-,18+,19-,22+/m0/s1. The second kappa shape index (κ2) is 7.59. The third-order valence-corrected chi connectivity index (χ3v) is 5.93. The van der Waals surface area contributed by atoms with Crippen LogP contribution in [0.4, 0.5) is 0 Å². The van der Waals surface area contributed by atoms with Gasteiger partial charge in [-0.3, -0.25) is 4.79 Å². The van der Waals surface area contributed by atoms with Crippen molar-refractivity contribution in [2.45, 2.75) is 20.4 Å². The third-order valence-electron chi connectivity index (χ3n) is 5.93. The van der Waals surface area contributed by atoms with Crippen molar-refractivity contribution in [3.05, 3.63) is 54.1 Å². The molecule has 0 N–H and O–H groups in total. The van der Waals surface area contributed by atoms with Gasteiger partial charge in [0.05, 0.1) is 20.1 Å². The molecule has 4 atom stereocenters. The van der Waals surface area contributed by atoms with E-state index in [1.807, 2.05) is 41.3 Å². The Bertz CT molecular complexity index is 767. The largest absolute Gasteiger partial charge is 0.497 e. The maximum Gasteiger partial charge on any atom is 0.330 e. The van der Waals surface area contributed by atoms with Gasteiger partial charge < -0.3 is 14.4 Å². The van der Waals surface area contributed by atoms with E-state index in [1.165, 1.54) is 13.2 Å². The highest BCUT2D eigenvalue weighted by Crippen LogP contribution is 2.50. The van der Waals surface area contributed by atoms with Gasteiger partial charge in [0, 0.05) is 24.6 Å². The molecular weight excluding hydrogens is 342 g/mol. The highest BCUT2D eigenvalue weighted by Gasteiger charge is 2.53. The van der Waals surface area contributed by atoms with Crippen molar-refractivity contribution in [3.8, 4) is 5.75 Å². The number of fused-ring (bicyclic) bond motifs is 1. The van der Waals surface area contributed by atoms with Crippen LogP contribution < -0.4 is 4.74 Å². The van der Waals surface area contributed by atoms with Crippen LogP contribution in [0.1, 0.15) is 19.4 Å². The first-order valence-electron chi connectivity index (χ1n) is 9.25. The van der Waals surface area contributed by atoms with E-state index in [0.717, 1.165) is 11.3 Å². The summed E-state index contributed by atoms with van der Waals surface area (Å²) in [5, 5.41) is 0. The van der Waals surface area contributed by atoms with Crippen LogP contribution in [-0.2, 0) is 20.9 Å². The molecule has 0 spiro atoms. The number of carbonyl (C=O) groups excluding carboxylic acids is 2. The normalized spacial score (nSPS) is 29.9. The van der Waals surface area contributed by atoms with Gasteiger partial charge in [0.25, 0.3) is 0 Å². The van der Waals surface area contributed by atoms with Gasteiger partial charge in [0.15, 0.2) is 0 Å². The Balaban J connectivity index is 1.82. The van der Waals surface area contributed by atoms with Crippen molar-refractivity contribution >= 4 is 11.9 Å². The maximum absolute atomic E-state index is 13.1. The Morgan fingerprint density at radius 2 is 1.96 bits per heavy atom. The number of benzene rings is 1. The van der Waals surface area contributed by atoms with Gasteiger partial charge in [-0.1, -0.05) is 44.2 Å². The van der Waals surface area contributed by atoms with Crippen LogP contribution in [0.25, 0.3) is 0 Å². The topological polar surface area (TPSA) is 55.8 Å². The Morgan fingerprint density at radius 1 is 1.26 bits per heavy atom. The van der Waals surface area contributed by atoms with Gasteiger partial charge in [-0.05, 0) is 29.5 Å². The second-order valence-electron chi connectivity index (χ2n) is 7.68. The average molecular weight is 369 g/mol. The molecular formula is C22H27NO4. The lowest BCUT2D eigenvalue weighted by Crippen LogP contribution is -2.40. The van der Waals surface area contributed by atoms with Crippen molar-refractivity contribution in [1.82, 2.24) is 4.90 Å². The number of likely N-dealkylation sites (tertiary alicyclic amines) is 1. The van der Waals surface area contributed by atoms with Crippen LogP contribution in [-0.4, -0.2) is 37.5 Å². The number of esters is 1. The summed E-state index contributed by atoms with van der Waals surface area (Å²) in [5.41, 5.74) is 0.826. The van der Waals surface area contributed by atoms with Crippen molar-refractivity contribution < 1.29 is 19.1 Å². The fourth-order valence-corrected chi connectivity index (χ4v) is 4.42. The monoisotopic (exact) mass is 369 g/mol. The molecule has 1 fully saturated rings. The fraction of sp³-hybridized carbons (Fsp3) is 0.455. The zero-order chi connectivity index (χ0) is 19.6.